The molecule has 122 valence electrons. The van der Waals surface area contributed by atoms with Gasteiger partial charge in [0.25, 0.3) is 0 Å². The minimum Gasteiger partial charge on any atom is -0.465 e. The molecular formula is C16H24N2O4. The standard InChI is InChI=1S/C16H24N2O4/c1-12-3-4-14(22-12)6-18-5-13-7-21-11-16(13,10-18)9-17-15(19)8-20-2/h3-4,13H,5-11H2,1-2H3,(H,17,19)/t13-,16+/m1/s1. The van der Waals surface area contributed by atoms with Crippen molar-refractivity contribution in [1.82, 2.24) is 10.2 Å². The van der Waals surface area contributed by atoms with E-state index in [0.29, 0.717) is 19.1 Å². The van der Waals surface area contributed by atoms with Crippen LogP contribution in [-0.2, 0) is 20.8 Å². The van der Waals surface area contributed by atoms with Crippen LogP contribution in [0.1, 0.15) is 11.5 Å². The highest BCUT2D eigenvalue weighted by Gasteiger charge is 2.50. The van der Waals surface area contributed by atoms with E-state index in [2.05, 4.69) is 10.2 Å². The summed E-state index contributed by atoms with van der Waals surface area (Å²) >= 11 is 0. The third-order valence-electron chi connectivity index (χ3n) is 4.68. The second kappa shape index (κ2) is 6.40. The fraction of sp³-hybridized carbons (Fsp3) is 0.688. The van der Waals surface area contributed by atoms with Crippen LogP contribution in [0, 0.1) is 18.3 Å². The molecule has 1 aromatic rings. The average Bonchev–Trinajstić information content (AvgIpc) is 3.12. The molecule has 2 atom stereocenters. The van der Waals surface area contributed by atoms with Gasteiger partial charge in [0, 0.05) is 38.1 Å². The molecule has 2 fully saturated rings. The van der Waals surface area contributed by atoms with E-state index in [-0.39, 0.29) is 17.9 Å². The number of rotatable bonds is 6. The predicted octanol–water partition coefficient (Wildman–Crippen LogP) is 0.799. The van der Waals surface area contributed by atoms with Crippen molar-refractivity contribution >= 4 is 5.91 Å². The van der Waals surface area contributed by atoms with Gasteiger partial charge in [0.05, 0.1) is 19.8 Å². The summed E-state index contributed by atoms with van der Waals surface area (Å²) in [5.74, 6) is 2.34. The van der Waals surface area contributed by atoms with Crippen LogP contribution in [0.15, 0.2) is 16.5 Å². The molecule has 22 heavy (non-hydrogen) atoms. The molecule has 0 spiro atoms. The van der Waals surface area contributed by atoms with Crippen molar-refractivity contribution in [2.45, 2.75) is 13.5 Å². The number of carbonyl (C=O) groups excluding carboxylic acids is 1. The summed E-state index contributed by atoms with van der Waals surface area (Å²) in [6.45, 7) is 6.92. The maximum Gasteiger partial charge on any atom is 0.246 e. The first-order valence-electron chi connectivity index (χ1n) is 7.72. The Hall–Kier alpha value is -1.37. The lowest BCUT2D eigenvalue weighted by atomic mass is 9.81. The molecule has 3 heterocycles. The normalized spacial score (nSPS) is 28.0. The Bertz CT molecular complexity index is 530. The van der Waals surface area contributed by atoms with Gasteiger partial charge in [0.2, 0.25) is 5.91 Å². The highest BCUT2D eigenvalue weighted by molar-refractivity contribution is 5.77. The van der Waals surface area contributed by atoms with Gasteiger partial charge in [-0.05, 0) is 19.1 Å². The molecule has 0 unspecified atom stereocenters. The number of nitrogens with one attached hydrogen (secondary N) is 1. The molecule has 3 rings (SSSR count). The number of amides is 1. The summed E-state index contributed by atoms with van der Waals surface area (Å²) in [7, 11) is 1.53. The van der Waals surface area contributed by atoms with E-state index < -0.39 is 0 Å². The Morgan fingerprint density at radius 2 is 2.41 bits per heavy atom. The van der Waals surface area contributed by atoms with Crippen LogP contribution in [0.3, 0.4) is 0 Å². The van der Waals surface area contributed by atoms with Crippen molar-refractivity contribution in [3.05, 3.63) is 23.7 Å². The molecule has 6 nitrogen and oxygen atoms in total. The molecule has 6 heteroatoms. The molecule has 2 saturated heterocycles. The molecule has 0 radical (unpaired) electrons. The number of nitrogens with zero attached hydrogens (tertiary/aromatic N) is 1. The number of aryl methyl sites for hydroxylation is 1. The minimum atomic E-state index is -0.0670. The Morgan fingerprint density at radius 3 is 3.14 bits per heavy atom. The summed E-state index contributed by atoms with van der Waals surface area (Å²) in [6.07, 6.45) is 0. The van der Waals surface area contributed by atoms with Crippen LogP contribution in [0.4, 0.5) is 0 Å². The van der Waals surface area contributed by atoms with E-state index in [9.17, 15) is 4.79 Å². The van der Waals surface area contributed by atoms with Crippen LogP contribution in [0.2, 0.25) is 0 Å². The second-order valence-electron chi connectivity index (χ2n) is 6.47. The van der Waals surface area contributed by atoms with Crippen LogP contribution in [0.5, 0.6) is 0 Å². The number of furan rings is 1. The molecular weight excluding hydrogens is 284 g/mol. The zero-order chi connectivity index (χ0) is 15.6. The number of hydrogen-bond donors (Lipinski definition) is 1. The fourth-order valence-corrected chi connectivity index (χ4v) is 3.56. The summed E-state index contributed by atoms with van der Waals surface area (Å²) in [5, 5.41) is 2.98. The lowest BCUT2D eigenvalue weighted by molar-refractivity contribution is -0.125. The van der Waals surface area contributed by atoms with E-state index in [1.54, 1.807) is 0 Å². The highest BCUT2D eigenvalue weighted by atomic mass is 16.5. The molecule has 0 aromatic carbocycles. The molecule has 2 aliphatic heterocycles. The van der Waals surface area contributed by atoms with Gasteiger partial charge < -0.3 is 19.2 Å². The summed E-state index contributed by atoms with van der Waals surface area (Å²) in [4.78, 5) is 14.1. The SMILES string of the molecule is COCC(=O)NC[C@]12COC[C@H]1CN(Cc1ccc(C)o1)C2. The fourth-order valence-electron chi connectivity index (χ4n) is 3.56. The first-order valence-corrected chi connectivity index (χ1v) is 7.72. The first-order chi connectivity index (χ1) is 10.6. The number of likely N-dealkylation sites (tertiary alicyclic amines) is 1. The van der Waals surface area contributed by atoms with Crippen LogP contribution >= 0.6 is 0 Å². The third kappa shape index (κ3) is 3.19. The van der Waals surface area contributed by atoms with Crippen molar-refractivity contribution in [2.75, 3.05) is 46.6 Å². The highest BCUT2D eigenvalue weighted by Crippen LogP contribution is 2.41. The van der Waals surface area contributed by atoms with E-state index >= 15 is 0 Å². The number of methoxy groups -OCH3 is 1. The number of fused-ring (bicyclic) bond motifs is 1. The number of hydrogen-bond acceptors (Lipinski definition) is 5. The Balaban J connectivity index is 1.59. The number of carbonyl (C=O) groups is 1. The van der Waals surface area contributed by atoms with Gasteiger partial charge in [-0.15, -0.1) is 0 Å². The minimum absolute atomic E-state index is 0.0189. The molecule has 2 aliphatic rings. The van der Waals surface area contributed by atoms with Crippen molar-refractivity contribution < 1.29 is 18.7 Å². The van der Waals surface area contributed by atoms with E-state index in [4.69, 9.17) is 13.9 Å². The van der Waals surface area contributed by atoms with Gasteiger partial charge in [-0.2, -0.15) is 0 Å². The molecule has 1 aromatic heterocycles. The molecule has 0 saturated carbocycles. The Morgan fingerprint density at radius 1 is 1.55 bits per heavy atom. The zero-order valence-electron chi connectivity index (χ0n) is 13.3. The summed E-state index contributed by atoms with van der Waals surface area (Å²) in [6, 6.07) is 4.03. The molecule has 1 N–H and O–H groups in total. The van der Waals surface area contributed by atoms with Gasteiger partial charge in [-0.25, -0.2) is 0 Å². The topological polar surface area (TPSA) is 63.9 Å². The first kappa shape index (κ1) is 15.5. The lowest BCUT2D eigenvalue weighted by Gasteiger charge is -2.27. The van der Waals surface area contributed by atoms with Crippen molar-refractivity contribution in [3.63, 3.8) is 0 Å². The monoisotopic (exact) mass is 308 g/mol. The van der Waals surface area contributed by atoms with Crippen LogP contribution in [-0.4, -0.2) is 57.4 Å². The molecule has 0 aliphatic carbocycles. The predicted molar refractivity (Wildman–Crippen MR) is 80.3 cm³/mol. The Labute approximate surface area is 130 Å². The zero-order valence-corrected chi connectivity index (χ0v) is 13.3. The Kier molecular flexibility index (Phi) is 4.52. The quantitative estimate of drug-likeness (QED) is 0.842. The van der Waals surface area contributed by atoms with E-state index in [1.165, 1.54) is 7.11 Å². The van der Waals surface area contributed by atoms with Crippen LogP contribution in [0.25, 0.3) is 0 Å². The van der Waals surface area contributed by atoms with Gasteiger partial charge in [0.15, 0.2) is 0 Å². The van der Waals surface area contributed by atoms with E-state index in [1.807, 2.05) is 19.1 Å². The van der Waals surface area contributed by atoms with Gasteiger partial charge >= 0.3 is 0 Å². The van der Waals surface area contributed by atoms with Crippen molar-refractivity contribution in [1.29, 1.82) is 0 Å². The third-order valence-corrected chi connectivity index (χ3v) is 4.68. The largest absolute Gasteiger partial charge is 0.465 e. The average molecular weight is 308 g/mol. The summed E-state index contributed by atoms with van der Waals surface area (Å²) < 4.78 is 16.2. The molecule has 0 bridgehead atoms. The van der Waals surface area contributed by atoms with E-state index in [0.717, 1.165) is 37.8 Å². The van der Waals surface area contributed by atoms with Crippen molar-refractivity contribution in [2.24, 2.45) is 11.3 Å². The smallest absolute Gasteiger partial charge is 0.246 e. The number of ether oxygens (including phenoxy) is 2. The van der Waals surface area contributed by atoms with Crippen molar-refractivity contribution in [3.8, 4) is 0 Å². The molecule has 1 amide bonds. The maximum absolute atomic E-state index is 11.7. The van der Waals surface area contributed by atoms with Gasteiger partial charge in [-0.1, -0.05) is 0 Å². The second-order valence-corrected chi connectivity index (χ2v) is 6.47. The summed E-state index contributed by atoms with van der Waals surface area (Å²) in [5.41, 5.74) is 0.0189. The van der Waals surface area contributed by atoms with Crippen LogP contribution < -0.4 is 5.32 Å². The maximum atomic E-state index is 11.7. The lowest BCUT2D eigenvalue weighted by Crippen LogP contribution is -2.44. The van der Waals surface area contributed by atoms with Gasteiger partial charge in [-0.3, -0.25) is 9.69 Å². The van der Waals surface area contributed by atoms with Gasteiger partial charge in [0.1, 0.15) is 18.1 Å².